The summed E-state index contributed by atoms with van der Waals surface area (Å²) >= 11 is 3.77. The van der Waals surface area contributed by atoms with Crippen LogP contribution in [0.2, 0.25) is 0 Å². The molecule has 30 valence electrons. The third-order valence-electron chi connectivity index (χ3n) is 0.0900. The minimum absolute atomic E-state index is 0.336. The van der Waals surface area contributed by atoms with Gasteiger partial charge in [0, 0.05) is 4.08 Å². The third-order valence-corrected chi connectivity index (χ3v) is 2.18. The van der Waals surface area contributed by atoms with Gasteiger partial charge in [-0.3, -0.25) is 0 Å². The van der Waals surface area contributed by atoms with Crippen molar-refractivity contribution < 1.29 is 5.11 Å². The summed E-state index contributed by atoms with van der Waals surface area (Å²) in [7, 11) is 0. The van der Waals surface area contributed by atoms with E-state index < -0.39 is 0 Å². The molecule has 0 unspecified atom stereocenters. The van der Waals surface area contributed by atoms with Gasteiger partial charge in [-0.25, -0.2) is 0 Å². The number of halogens is 2. The van der Waals surface area contributed by atoms with Gasteiger partial charge in [0.05, 0.1) is 0 Å². The van der Waals surface area contributed by atoms with E-state index in [1.54, 1.807) is 4.08 Å². The lowest BCUT2D eigenvalue weighted by Crippen LogP contribution is -1.50. The minimum Gasteiger partial charge on any atom is -0.502 e. The second kappa shape index (κ2) is 3.20. The quantitative estimate of drug-likeness (QED) is 0.537. The minimum atomic E-state index is 0.336. The van der Waals surface area contributed by atoms with Crippen LogP contribution in [0.3, 0.4) is 0 Å². The van der Waals surface area contributed by atoms with Crippen LogP contribution in [-0.4, -0.2) is 5.11 Å². The molecule has 0 amide bonds. The lowest BCUT2D eigenvalue weighted by atomic mass is 11.2. The van der Waals surface area contributed by atoms with Gasteiger partial charge in [-0.1, -0.05) is 0 Å². The summed E-state index contributed by atoms with van der Waals surface area (Å²) in [5, 5.41) is 8.20. The van der Waals surface area contributed by atoms with E-state index in [4.69, 9.17) is 5.11 Å². The summed E-state index contributed by atoms with van der Waals surface area (Å²) in [6.07, 6.45) is 0. The van der Waals surface area contributed by atoms with Crippen molar-refractivity contribution in [3.05, 3.63) is 7.85 Å². The van der Waals surface area contributed by atoms with Crippen molar-refractivity contribution in [2.45, 2.75) is 0 Å². The number of hydrogen-bond donors (Lipinski definition) is 1. The maximum Gasteiger partial charge on any atom is 0.159 e. The summed E-state index contributed by atoms with van der Waals surface area (Å²) in [5.74, 6) is 0. The maximum atomic E-state index is 8.20. The van der Waals surface area contributed by atoms with Gasteiger partial charge in [-0.05, 0) is 45.2 Å². The molecule has 0 aromatic carbocycles. The van der Waals surface area contributed by atoms with Crippen LogP contribution >= 0.6 is 45.2 Å². The van der Waals surface area contributed by atoms with E-state index in [0.717, 1.165) is 0 Å². The summed E-state index contributed by atoms with van der Waals surface area (Å²) in [6.45, 7) is 0. The van der Waals surface area contributed by atoms with Gasteiger partial charge in [-0.15, -0.1) is 0 Å². The first-order valence-corrected chi connectivity index (χ1v) is 3.24. The van der Waals surface area contributed by atoms with Crippen molar-refractivity contribution >= 4 is 45.2 Å². The fraction of sp³-hybridized carbons (Fsp3) is 0. The van der Waals surface area contributed by atoms with Gasteiger partial charge in [0.15, 0.2) is 3.77 Å². The molecule has 1 N–H and O–H groups in total. The Morgan fingerprint density at radius 1 is 1.80 bits per heavy atom. The van der Waals surface area contributed by atoms with Gasteiger partial charge in [0.25, 0.3) is 0 Å². The number of aliphatic hydroxyl groups excluding tert-OH is 1. The van der Waals surface area contributed by atoms with E-state index in [0.29, 0.717) is 3.77 Å². The first kappa shape index (κ1) is 6.00. The Balaban J connectivity index is 3.14. The van der Waals surface area contributed by atoms with Gasteiger partial charge < -0.3 is 5.11 Å². The molecule has 0 heterocycles. The largest absolute Gasteiger partial charge is 0.502 e. The van der Waals surface area contributed by atoms with E-state index in [2.05, 4.69) is 0 Å². The van der Waals surface area contributed by atoms with Gasteiger partial charge in [0.2, 0.25) is 0 Å². The van der Waals surface area contributed by atoms with Crippen LogP contribution in [0.25, 0.3) is 0 Å². The normalized spacial score (nSPS) is 12.0. The molecule has 0 bridgehead atoms. The predicted octanol–water partition coefficient (Wildman–Crippen LogP) is 2.21. The molecule has 0 fully saturated rings. The molecular weight excluding hydrogens is 294 g/mol. The summed E-state index contributed by atoms with van der Waals surface area (Å²) in [4.78, 5) is 0. The SMILES string of the molecule is OC(I)=CI. The lowest BCUT2D eigenvalue weighted by Gasteiger charge is -1.70. The molecule has 0 spiro atoms. The second-order valence-electron chi connectivity index (χ2n) is 0.432. The van der Waals surface area contributed by atoms with Crippen molar-refractivity contribution in [2.24, 2.45) is 0 Å². The van der Waals surface area contributed by atoms with Crippen LogP contribution in [0.15, 0.2) is 7.85 Å². The second-order valence-corrected chi connectivity index (χ2v) is 2.16. The molecule has 5 heavy (non-hydrogen) atoms. The van der Waals surface area contributed by atoms with Crippen LogP contribution < -0.4 is 0 Å². The highest BCUT2D eigenvalue weighted by Crippen LogP contribution is 2.01. The molecule has 0 rings (SSSR count). The fourth-order valence-electron chi connectivity index (χ4n) is 0. The third kappa shape index (κ3) is 5.00. The van der Waals surface area contributed by atoms with Gasteiger partial charge in [-0.2, -0.15) is 0 Å². The zero-order valence-corrected chi connectivity index (χ0v) is 6.60. The number of hydrogen-bond acceptors (Lipinski definition) is 1. The molecule has 0 saturated heterocycles. The van der Waals surface area contributed by atoms with E-state index in [1.165, 1.54) is 0 Å². The molecule has 0 aromatic heterocycles. The van der Waals surface area contributed by atoms with Crippen LogP contribution in [0.5, 0.6) is 0 Å². The highest BCUT2D eigenvalue weighted by molar-refractivity contribution is 14.1. The van der Waals surface area contributed by atoms with Crippen LogP contribution in [-0.2, 0) is 0 Å². The smallest absolute Gasteiger partial charge is 0.159 e. The Labute approximate surface area is 57.7 Å². The first-order valence-electron chi connectivity index (χ1n) is 0.919. The summed E-state index contributed by atoms with van der Waals surface area (Å²) < 4.78 is 1.93. The van der Waals surface area contributed by atoms with E-state index in [1.807, 2.05) is 45.2 Å². The molecule has 0 aliphatic rings. The molecule has 1 nitrogen and oxygen atoms in total. The molecule has 0 atom stereocenters. The van der Waals surface area contributed by atoms with Crippen molar-refractivity contribution in [3.8, 4) is 0 Å². The van der Waals surface area contributed by atoms with Crippen LogP contribution in [0.4, 0.5) is 0 Å². The Morgan fingerprint density at radius 2 is 2.00 bits per heavy atom. The van der Waals surface area contributed by atoms with Crippen molar-refractivity contribution in [1.82, 2.24) is 0 Å². The first-order chi connectivity index (χ1) is 2.27. The average molecular weight is 296 g/mol. The van der Waals surface area contributed by atoms with Gasteiger partial charge >= 0.3 is 0 Å². The highest BCUT2D eigenvalue weighted by atomic mass is 127. The Morgan fingerprint density at radius 3 is 2.00 bits per heavy atom. The fourth-order valence-corrected chi connectivity index (χ4v) is 0. The van der Waals surface area contributed by atoms with Gasteiger partial charge in [0.1, 0.15) is 0 Å². The molecule has 0 aliphatic heterocycles. The maximum absolute atomic E-state index is 8.20. The van der Waals surface area contributed by atoms with Crippen molar-refractivity contribution in [3.63, 3.8) is 0 Å². The van der Waals surface area contributed by atoms with Crippen LogP contribution in [0.1, 0.15) is 0 Å². The zero-order valence-electron chi connectivity index (χ0n) is 2.28. The molecule has 3 heteroatoms. The number of aliphatic hydroxyl groups is 1. The topological polar surface area (TPSA) is 20.2 Å². The Hall–Kier alpha value is 1.00. The monoisotopic (exact) mass is 296 g/mol. The van der Waals surface area contributed by atoms with Crippen molar-refractivity contribution in [1.29, 1.82) is 0 Å². The van der Waals surface area contributed by atoms with E-state index in [9.17, 15) is 0 Å². The summed E-state index contributed by atoms with van der Waals surface area (Å²) in [5.41, 5.74) is 0. The van der Waals surface area contributed by atoms with Crippen LogP contribution in [0, 0.1) is 0 Å². The Bertz CT molecular complexity index is 45.6. The molecular formula is C2H2I2O. The lowest BCUT2D eigenvalue weighted by molar-refractivity contribution is 0.467. The highest BCUT2D eigenvalue weighted by Gasteiger charge is 1.68. The van der Waals surface area contributed by atoms with Crippen molar-refractivity contribution in [2.75, 3.05) is 0 Å². The molecule has 0 aromatic rings. The predicted molar refractivity (Wildman–Crippen MR) is 38.8 cm³/mol. The molecule has 0 saturated carbocycles. The number of rotatable bonds is 0. The Kier molecular flexibility index (Phi) is 3.84. The molecule has 0 radical (unpaired) electrons. The standard InChI is InChI=1S/C2H2I2O/c3-1-2(4)5/h1,5H. The average Bonchev–Trinajstić information content (AvgIpc) is 1.38. The van der Waals surface area contributed by atoms with E-state index >= 15 is 0 Å². The van der Waals surface area contributed by atoms with E-state index in [-0.39, 0.29) is 0 Å². The molecule has 0 aliphatic carbocycles. The zero-order chi connectivity index (χ0) is 4.28. The summed E-state index contributed by atoms with van der Waals surface area (Å²) in [6, 6.07) is 0.